The summed E-state index contributed by atoms with van der Waals surface area (Å²) in [4.78, 5) is 4.75. The third kappa shape index (κ3) is 5.20. The predicted molar refractivity (Wildman–Crippen MR) is 134 cm³/mol. The van der Waals surface area contributed by atoms with E-state index in [1.165, 1.54) is 11.3 Å². The highest BCUT2D eigenvalue weighted by Crippen LogP contribution is 2.39. The van der Waals surface area contributed by atoms with Gasteiger partial charge in [-0.1, -0.05) is 78.1 Å². The molecule has 7 heteroatoms. The molecule has 0 amide bonds. The number of azo groups is 1. The summed E-state index contributed by atoms with van der Waals surface area (Å²) in [5.41, 5.74) is 5.71. The van der Waals surface area contributed by atoms with Crippen LogP contribution in [0.15, 0.2) is 89.1 Å². The number of hydrogen-bond acceptors (Lipinski definition) is 5. The van der Waals surface area contributed by atoms with E-state index in [1.54, 1.807) is 0 Å². The molecule has 0 aliphatic carbocycles. The summed E-state index contributed by atoms with van der Waals surface area (Å²) in [5.74, 6) is 0. The van der Waals surface area contributed by atoms with Crippen molar-refractivity contribution in [1.29, 1.82) is 0 Å². The summed E-state index contributed by atoms with van der Waals surface area (Å²) in [6.07, 6.45) is 0. The molecule has 0 bridgehead atoms. The summed E-state index contributed by atoms with van der Waals surface area (Å²) in [6, 6.07) is 25.8. The molecule has 3 aromatic carbocycles. The van der Waals surface area contributed by atoms with E-state index in [9.17, 15) is 0 Å². The number of thiocarbonyl (C=S) groups is 1. The van der Waals surface area contributed by atoms with Crippen molar-refractivity contribution >= 4 is 50.2 Å². The Balaban J connectivity index is 1.63. The Morgan fingerprint density at radius 2 is 1.45 bits per heavy atom. The van der Waals surface area contributed by atoms with E-state index < -0.39 is 0 Å². The van der Waals surface area contributed by atoms with Gasteiger partial charge in [0.2, 0.25) is 0 Å². The molecule has 0 aliphatic heterocycles. The lowest BCUT2D eigenvalue weighted by atomic mass is 10.1. The van der Waals surface area contributed by atoms with Crippen LogP contribution in [0.5, 0.6) is 0 Å². The molecule has 0 radical (unpaired) electrons. The van der Waals surface area contributed by atoms with Gasteiger partial charge in [-0.05, 0) is 49.3 Å². The first kappa shape index (κ1) is 20.8. The molecule has 0 fully saturated rings. The van der Waals surface area contributed by atoms with Gasteiger partial charge in [-0.15, -0.1) is 10.2 Å². The fourth-order valence-electron chi connectivity index (χ4n) is 3.06. The number of nitrogens with zero attached hydrogens (tertiary/aromatic N) is 3. The van der Waals surface area contributed by atoms with Crippen LogP contribution in [-0.2, 0) is 0 Å². The first-order chi connectivity index (χ1) is 15.1. The second-order valence-corrected chi connectivity index (χ2v) is 8.31. The topological polar surface area (TPSA) is 61.7 Å². The number of benzene rings is 3. The highest BCUT2D eigenvalue weighted by Gasteiger charge is 2.14. The SMILES string of the molecule is Cc1cccc(C)c1N=Nc1sc(NC(=S)Nc2ccccc2)nc1-c1ccccc1. The lowest BCUT2D eigenvalue weighted by molar-refractivity contribution is 1.19. The largest absolute Gasteiger partial charge is 0.332 e. The van der Waals surface area contributed by atoms with Crippen LogP contribution in [0.25, 0.3) is 11.3 Å². The van der Waals surface area contributed by atoms with Crippen molar-refractivity contribution in [3.05, 3.63) is 90.0 Å². The molecule has 0 saturated heterocycles. The Bertz CT molecular complexity index is 1200. The van der Waals surface area contributed by atoms with Gasteiger partial charge in [0.05, 0.1) is 5.69 Å². The molecule has 0 atom stereocenters. The van der Waals surface area contributed by atoms with Crippen molar-refractivity contribution in [3.8, 4) is 11.3 Å². The van der Waals surface area contributed by atoms with Gasteiger partial charge in [-0.25, -0.2) is 4.98 Å². The number of anilines is 2. The minimum Gasteiger partial charge on any atom is -0.332 e. The van der Waals surface area contributed by atoms with Crippen LogP contribution >= 0.6 is 23.6 Å². The van der Waals surface area contributed by atoms with Crippen LogP contribution in [0.4, 0.5) is 21.5 Å². The van der Waals surface area contributed by atoms with Crippen molar-refractivity contribution in [2.24, 2.45) is 10.2 Å². The molecule has 2 N–H and O–H groups in total. The maximum atomic E-state index is 5.45. The molecule has 0 spiro atoms. The van der Waals surface area contributed by atoms with E-state index in [4.69, 9.17) is 17.2 Å². The van der Waals surface area contributed by atoms with Crippen molar-refractivity contribution in [2.75, 3.05) is 10.6 Å². The van der Waals surface area contributed by atoms with Crippen molar-refractivity contribution in [1.82, 2.24) is 4.98 Å². The molecule has 4 rings (SSSR count). The smallest absolute Gasteiger partial charge is 0.191 e. The van der Waals surface area contributed by atoms with Gasteiger partial charge in [0, 0.05) is 11.3 Å². The summed E-state index contributed by atoms with van der Waals surface area (Å²) in [5, 5.41) is 17.3. The van der Waals surface area contributed by atoms with Gasteiger partial charge >= 0.3 is 0 Å². The summed E-state index contributed by atoms with van der Waals surface area (Å²) in [7, 11) is 0. The van der Waals surface area contributed by atoms with E-state index in [2.05, 4.69) is 20.9 Å². The molecule has 5 nitrogen and oxygen atoms in total. The lowest BCUT2D eigenvalue weighted by Crippen LogP contribution is -2.18. The molecular weight excluding hydrogens is 422 g/mol. The zero-order valence-corrected chi connectivity index (χ0v) is 18.8. The van der Waals surface area contributed by atoms with Gasteiger partial charge < -0.3 is 10.6 Å². The van der Waals surface area contributed by atoms with Crippen LogP contribution in [0.3, 0.4) is 0 Å². The van der Waals surface area contributed by atoms with Gasteiger partial charge in [0.1, 0.15) is 5.69 Å². The van der Waals surface area contributed by atoms with Gasteiger partial charge in [-0.3, -0.25) is 0 Å². The maximum absolute atomic E-state index is 5.45. The lowest BCUT2D eigenvalue weighted by Gasteiger charge is -2.07. The van der Waals surface area contributed by atoms with Crippen LogP contribution in [-0.4, -0.2) is 10.1 Å². The van der Waals surface area contributed by atoms with Crippen molar-refractivity contribution in [3.63, 3.8) is 0 Å². The Kier molecular flexibility index (Phi) is 6.45. The van der Waals surface area contributed by atoms with Gasteiger partial charge in [0.25, 0.3) is 0 Å². The Labute approximate surface area is 190 Å². The first-order valence-electron chi connectivity index (χ1n) is 9.77. The molecule has 154 valence electrons. The zero-order chi connectivity index (χ0) is 21.6. The minimum atomic E-state index is 0.470. The average Bonchev–Trinajstić information content (AvgIpc) is 3.17. The van der Waals surface area contributed by atoms with Crippen LogP contribution in [0.2, 0.25) is 0 Å². The van der Waals surface area contributed by atoms with Crippen molar-refractivity contribution in [2.45, 2.75) is 13.8 Å². The van der Waals surface area contributed by atoms with E-state index in [-0.39, 0.29) is 0 Å². The predicted octanol–water partition coefficient (Wildman–Crippen LogP) is 7.65. The number of rotatable bonds is 5. The number of nitrogens with one attached hydrogen (secondary N) is 2. The minimum absolute atomic E-state index is 0.470. The van der Waals surface area contributed by atoms with E-state index in [0.29, 0.717) is 10.2 Å². The van der Waals surface area contributed by atoms with Crippen LogP contribution < -0.4 is 10.6 Å². The third-order valence-corrected chi connectivity index (χ3v) is 5.65. The maximum Gasteiger partial charge on any atom is 0.191 e. The quantitative estimate of drug-likeness (QED) is 0.246. The number of aryl methyl sites for hydroxylation is 2. The second-order valence-electron chi connectivity index (χ2n) is 6.92. The monoisotopic (exact) mass is 443 g/mol. The number of thiazole rings is 1. The number of aromatic nitrogens is 1. The molecule has 0 saturated carbocycles. The highest BCUT2D eigenvalue weighted by molar-refractivity contribution is 7.80. The van der Waals surface area contributed by atoms with Crippen LogP contribution in [0, 0.1) is 13.8 Å². The number of para-hydroxylation sites is 1. The van der Waals surface area contributed by atoms with Gasteiger partial charge in [-0.2, -0.15) is 0 Å². The Hall–Kier alpha value is -3.42. The first-order valence-corrected chi connectivity index (χ1v) is 11.0. The third-order valence-electron chi connectivity index (χ3n) is 4.59. The van der Waals surface area contributed by atoms with E-state index in [1.807, 2.05) is 92.7 Å². The molecule has 0 unspecified atom stereocenters. The summed E-state index contributed by atoms with van der Waals surface area (Å²) < 4.78 is 0. The molecular formula is C24H21N5S2. The molecule has 0 aliphatic rings. The van der Waals surface area contributed by atoms with Crippen molar-refractivity contribution < 1.29 is 0 Å². The highest BCUT2D eigenvalue weighted by atomic mass is 32.1. The van der Waals surface area contributed by atoms with Crippen LogP contribution in [0.1, 0.15) is 11.1 Å². The zero-order valence-electron chi connectivity index (χ0n) is 17.2. The second kappa shape index (κ2) is 9.59. The molecule has 1 heterocycles. The molecule has 1 aromatic heterocycles. The summed E-state index contributed by atoms with van der Waals surface area (Å²) >= 11 is 6.87. The fraction of sp³-hybridized carbons (Fsp3) is 0.0833. The molecule has 31 heavy (non-hydrogen) atoms. The summed E-state index contributed by atoms with van der Waals surface area (Å²) in [6.45, 7) is 4.07. The van der Waals surface area contributed by atoms with E-state index >= 15 is 0 Å². The Morgan fingerprint density at radius 1 is 0.806 bits per heavy atom. The normalized spacial score (nSPS) is 10.9. The molecule has 4 aromatic rings. The standard InChI is InChI=1S/C24H21N5S2/c1-16-10-9-11-17(2)20(16)28-29-22-21(18-12-5-3-6-13-18)26-24(31-22)27-23(30)25-19-14-7-4-8-15-19/h3-15H,1-2H3,(H2,25,26,27,30). The number of hydrogen-bond donors (Lipinski definition) is 2. The fourth-order valence-corrected chi connectivity index (χ4v) is 4.15. The van der Waals surface area contributed by atoms with E-state index in [0.717, 1.165) is 38.8 Å². The average molecular weight is 444 g/mol. The van der Waals surface area contributed by atoms with Gasteiger partial charge in [0.15, 0.2) is 15.2 Å². The Morgan fingerprint density at radius 3 is 2.13 bits per heavy atom.